The van der Waals surface area contributed by atoms with E-state index >= 15 is 0 Å². The summed E-state index contributed by atoms with van der Waals surface area (Å²) in [4.78, 5) is 9.15. The maximum atomic E-state index is 13.8. The number of hydrogen-bond donors (Lipinski definition) is 0. The van der Waals surface area contributed by atoms with Gasteiger partial charge in [-0.05, 0) is 79.6 Å². The molecule has 0 unspecified atom stereocenters. The van der Waals surface area contributed by atoms with Crippen molar-refractivity contribution in [2.75, 3.05) is 0 Å². The van der Waals surface area contributed by atoms with Crippen molar-refractivity contribution in [3.63, 3.8) is 0 Å². The van der Waals surface area contributed by atoms with E-state index in [2.05, 4.69) is 104 Å². The Morgan fingerprint density at radius 1 is 0.648 bits per heavy atom. The first-order valence-corrected chi connectivity index (χ1v) is 25.6. The number of nitrogens with zero attached hydrogens (tertiary/aromatic N) is 2. The normalized spacial score (nSPS) is 12.4. The third-order valence-corrected chi connectivity index (χ3v) is 14.5. The summed E-state index contributed by atoms with van der Waals surface area (Å²) in [5, 5.41) is 4.93. The van der Waals surface area contributed by atoms with Crippen molar-refractivity contribution in [1.82, 2.24) is 9.97 Å². The molecule has 0 saturated heterocycles. The number of aromatic nitrogens is 2. The molecule has 273 valence electrons. The van der Waals surface area contributed by atoms with E-state index in [0.29, 0.717) is 16.8 Å². The zero-order valence-corrected chi connectivity index (χ0v) is 36.5. The van der Waals surface area contributed by atoms with Gasteiger partial charge in [0.15, 0.2) is 0 Å². The third kappa shape index (κ3) is 9.11. The Kier molecular flexibility index (Phi) is 11.2. The fraction of sp³-hybridized carbons (Fsp3) is 0.149. The molecule has 3 heterocycles. The summed E-state index contributed by atoms with van der Waals surface area (Å²) >= 11 is 1.65. The largest absolute Gasteiger partial charge is 0.305 e. The third-order valence-electron chi connectivity index (χ3n) is 9.26. The van der Waals surface area contributed by atoms with Gasteiger partial charge in [0.05, 0.1) is 16.1 Å². The molecule has 0 atom stereocenters. The molecule has 8 rings (SSSR count). The molecule has 1 radical (unpaired) electrons. The van der Waals surface area contributed by atoms with Crippen molar-refractivity contribution in [3.8, 4) is 33.6 Å². The van der Waals surface area contributed by atoms with Gasteiger partial charge in [-0.25, -0.2) is 4.39 Å². The second kappa shape index (κ2) is 16.6. The number of fused-ring (bicyclic) bond motifs is 3. The molecule has 0 saturated carbocycles. The summed E-state index contributed by atoms with van der Waals surface area (Å²) in [6.45, 7) is 13.9. The summed E-state index contributed by atoms with van der Waals surface area (Å²) in [5.74, 6) is -0.251. The Labute approximate surface area is 341 Å². The van der Waals surface area contributed by atoms with Crippen LogP contribution >= 0.6 is 11.3 Å². The molecule has 0 aliphatic rings. The van der Waals surface area contributed by atoms with Gasteiger partial charge in [-0.15, -0.1) is 59.7 Å². The van der Waals surface area contributed by atoms with Gasteiger partial charge in [-0.2, -0.15) is 11.3 Å². The molecule has 0 amide bonds. The van der Waals surface area contributed by atoms with Crippen LogP contribution < -0.4 is 10.4 Å². The van der Waals surface area contributed by atoms with Crippen LogP contribution in [0.5, 0.6) is 0 Å². The molecule has 0 aliphatic carbocycles. The van der Waals surface area contributed by atoms with Crippen LogP contribution in [-0.4, -0.2) is 26.1 Å². The van der Waals surface area contributed by atoms with Crippen molar-refractivity contribution in [3.05, 3.63) is 169 Å². The molecule has 5 aromatic carbocycles. The maximum Gasteiger partial charge on any atom is 0.123 e. The van der Waals surface area contributed by atoms with Gasteiger partial charge in [0.2, 0.25) is 0 Å². The van der Waals surface area contributed by atoms with Crippen LogP contribution in [0.25, 0.3) is 53.8 Å². The van der Waals surface area contributed by atoms with Crippen LogP contribution in [-0.2, 0) is 26.5 Å². The van der Waals surface area contributed by atoms with E-state index in [1.165, 1.54) is 16.4 Å². The van der Waals surface area contributed by atoms with Gasteiger partial charge in [-0.1, -0.05) is 117 Å². The van der Waals surface area contributed by atoms with Gasteiger partial charge in [-0.3, -0.25) is 0 Å². The minimum atomic E-state index is -1.66. The average Bonchev–Trinajstić information content (AvgIpc) is 3.56. The molecule has 2 nitrogen and oxygen atoms in total. The van der Waals surface area contributed by atoms with E-state index in [4.69, 9.17) is 2.74 Å². The van der Waals surface area contributed by atoms with Crippen LogP contribution in [0.15, 0.2) is 140 Å². The molecule has 0 N–H and O–H groups in total. The number of hydrogen-bond acceptors (Lipinski definition) is 3. The van der Waals surface area contributed by atoms with E-state index in [1.807, 2.05) is 66.9 Å². The predicted octanol–water partition coefficient (Wildman–Crippen LogP) is 12.0. The molecule has 3 aromatic heterocycles. The van der Waals surface area contributed by atoms with Gasteiger partial charge >= 0.3 is 0 Å². The molecule has 0 fully saturated rings. The molecule has 0 bridgehead atoms. The minimum Gasteiger partial charge on any atom is -0.305 e. The minimum absolute atomic E-state index is 0. The quantitative estimate of drug-likeness (QED) is 0.118. The number of thiophene rings is 1. The van der Waals surface area contributed by atoms with Crippen molar-refractivity contribution in [2.24, 2.45) is 0 Å². The number of benzene rings is 5. The van der Waals surface area contributed by atoms with Crippen molar-refractivity contribution >= 4 is 58.0 Å². The van der Waals surface area contributed by atoms with Crippen molar-refractivity contribution in [1.29, 1.82) is 0 Å². The van der Waals surface area contributed by atoms with E-state index in [0.717, 1.165) is 48.1 Å². The van der Waals surface area contributed by atoms with Gasteiger partial charge in [0, 0.05) is 39.9 Å². The first-order valence-electron chi connectivity index (χ1n) is 18.8. The molecule has 0 spiro atoms. The van der Waals surface area contributed by atoms with Crippen LogP contribution in [0.1, 0.15) is 13.9 Å². The summed E-state index contributed by atoms with van der Waals surface area (Å²) in [7, 11) is -2.70. The van der Waals surface area contributed by atoms with E-state index < -0.39 is 22.5 Å². The van der Waals surface area contributed by atoms with Crippen molar-refractivity contribution < 1.29 is 27.2 Å². The summed E-state index contributed by atoms with van der Waals surface area (Å²) < 4.78 is 33.9. The smallest absolute Gasteiger partial charge is 0.123 e. The molecular weight excluding hydrogens is 892 g/mol. The predicted molar refractivity (Wildman–Crippen MR) is 231 cm³/mol. The fourth-order valence-corrected chi connectivity index (χ4v) is 9.64. The Balaban J connectivity index is 0.000000263. The first-order chi connectivity index (χ1) is 26.2. The molecule has 0 aliphatic heterocycles. The Morgan fingerprint density at radius 2 is 1.41 bits per heavy atom. The standard InChI is InChI=1S/C33H27FNSSi.C14H16NSi.Ir/c1-37(2,3)27-13-10-22(11-14-27)18-23-16-17-35-31(19-23)30-9-5-8-29-28-15-12-25(21-32(28)36-33(29)30)24-6-4-7-26(34)20-24;1-16(2,3)13-9-10-14(15-11-13)12-7-5-4-6-8-12;/h4-8,10-17,19-21H,18H2,1-3H3;4-7,9-11H,1-3H3;/q2*-1;/i18D2;;. The van der Waals surface area contributed by atoms with Crippen LogP contribution in [0.2, 0.25) is 39.3 Å². The van der Waals surface area contributed by atoms with Crippen LogP contribution in [0.4, 0.5) is 4.39 Å². The summed E-state index contributed by atoms with van der Waals surface area (Å²) in [5.41, 5.74) is 6.62. The van der Waals surface area contributed by atoms with E-state index in [1.54, 1.807) is 35.7 Å². The topological polar surface area (TPSA) is 25.8 Å². The molecule has 7 heteroatoms. The summed E-state index contributed by atoms with van der Waals surface area (Å²) in [6.07, 6.45) is 2.03. The summed E-state index contributed by atoms with van der Waals surface area (Å²) in [6, 6.07) is 47.2. The molecular formula is C47H43FIrN2SSi2-2. The zero-order chi connectivity index (χ0) is 39.0. The maximum absolute atomic E-state index is 13.8. The first kappa shape index (κ1) is 36.6. The van der Waals surface area contributed by atoms with Crippen LogP contribution in [0, 0.1) is 17.9 Å². The number of pyridine rings is 2. The van der Waals surface area contributed by atoms with Gasteiger partial charge in [0.25, 0.3) is 0 Å². The second-order valence-electron chi connectivity index (χ2n) is 15.3. The van der Waals surface area contributed by atoms with Crippen molar-refractivity contribution in [2.45, 2.75) is 45.7 Å². The molecule has 54 heavy (non-hydrogen) atoms. The Hall–Kier alpha value is -4.37. The molecule has 8 aromatic rings. The van der Waals surface area contributed by atoms with Gasteiger partial charge in [0.1, 0.15) is 5.82 Å². The Bertz CT molecular complexity index is 2600. The second-order valence-corrected chi connectivity index (χ2v) is 26.5. The number of halogens is 1. The van der Waals surface area contributed by atoms with Gasteiger partial charge < -0.3 is 9.97 Å². The fourth-order valence-electron chi connectivity index (χ4n) is 6.19. The van der Waals surface area contributed by atoms with Crippen LogP contribution in [0.3, 0.4) is 0 Å². The van der Waals surface area contributed by atoms with E-state index in [-0.39, 0.29) is 25.9 Å². The average molecular weight is 937 g/mol. The monoisotopic (exact) mass is 937 g/mol. The number of rotatable bonds is 7. The Morgan fingerprint density at radius 3 is 2.09 bits per heavy atom. The SMILES string of the molecule is C[Si](C)(C)c1ccc(-c2[c-]cccc2)nc1.[2H]C([2H])(c1ccc([Si](C)(C)C)cc1)c1ccnc(-c2[c-]ccc3c2sc2cc(-c4cccc(F)c4)ccc23)c1.[Ir]. The zero-order valence-electron chi connectivity index (χ0n) is 33.3. The van der Waals surface area contributed by atoms with E-state index in [9.17, 15) is 4.39 Å².